The quantitative estimate of drug-likeness (QED) is 0.766. The standard InChI is InChI=1S/C21H21N3O2/c1-15-18(19(24-26-15)16-9-13-22-14-10-16)20(25)23-21(11-5-6-12-21)17-7-3-2-4-8-17/h2-4,7-10,13-14H,5-6,11-12H2,1H3,(H,23,25). The number of nitrogens with one attached hydrogen (secondary N) is 1. The van der Waals surface area contributed by atoms with Crippen LogP contribution in [0.5, 0.6) is 0 Å². The molecule has 1 N–H and O–H groups in total. The Morgan fingerprint density at radius 3 is 2.46 bits per heavy atom. The number of nitrogens with zero attached hydrogens (tertiary/aromatic N) is 2. The van der Waals surface area contributed by atoms with Crippen molar-refractivity contribution in [3.8, 4) is 11.3 Å². The lowest BCUT2D eigenvalue weighted by Crippen LogP contribution is -2.44. The van der Waals surface area contributed by atoms with E-state index in [-0.39, 0.29) is 11.4 Å². The van der Waals surface area contributed by atoms with Gasteiger partial charge in [-0.05, 0) is 37.5 Å². The fourth-order valence-corrected chi connectivity index (χ4v) is 3.85. The SMILES string of the molecule is Cc1onc(-c2ccncc2)c1C(=O)NC1(c2ccccc2)CCCC1. The molecule has 1 aliphatic rings. The lowest BCUT2D eigenvalue weighted by atomic mass is 9.87. The van der Waals surface area contributed by atoms with Crippen molar-refractivity contribution in [1.29, 1.82) is 0 Å². The molecule has 0 radical (unpaired) electrons. The van der Waals surface area contributed by atoms with Gasteiger partial charge in [0, 0.05) is 18.0 Å². The first kappa shape index (κ1) is 16.5. The molecule has 26 heavy (non-hydrogen) atoms. The number of rotatable bonds is 4. The van der Waals surface area contributed by atoms with Crippen LogP contribution in [0.2, 0.25) is 0 Å². The maximum absolute atomic E-state index is 13.2. The van der Waals surface area contributed by atoms with E-state index in [2.05, 4.69) is 27.6 Å². The van der Waals surface area contributed by atoms with Gasteiger partial charge in [-0.1, -0.05) is 48.3 Å². The summed E-state index contributed by atoms with van der Waals surface area (Å²) < 4.78 is 5.34. The normalized spacial score (nSPS) is 15.7. The van der Waals surface area contributed by atoms with Crippen molar-refractivity contribution in [2.24, 2.45) is 0 Å². The van der Waals surface area contributed by atoms with E-state index < -0.39 is 0 Å². The summed E-state index contributed by atoms with van der Waals surface area (Å²) >= 11 is 0. The maximum Gasteiger partial charge on any atom is 0.257 e. The van der Waals surface area contributed by atoms with Gasteiger partial charge < -0.3 is 9.84 Å². The van der Waals surface area contributed by atoms with Crippen molar-refractivity contribution in [2.45, 2.75) is 38.1 Å². The van der Waals surface area contributed by atoms with Crippen LogP contribution in [-0.4, -0.2) is 16.0 Å². The average Bonchev–Trinajstić information content (AvgIpc) is 3.31. The molecule has 3 aromatic rings. The predicted molar refractivity (Wildman–Crippen MR) is 98.5 cm³/mol. The molecule has 2 aromatic heterocycles. The minimum atomic E-state index is -0.322. The summed E-state index contributed by atoms with van der Waals surface area (Å²) in [6.07, 6.45) is 7.46. The second-order valence-electron chi connectivity index (χ2n) is 6.81. The largest absolute Gasteiger partial charge is 0.360 e. The van der Waals surface area contributed by atoms with Crippen LogP contribution in [0.25, 0.3) is 11.3 Å². The molecule has 4 rings (SSSR count). The zero-order valence-electron chi connectivity index (χ0n) is 14.7. The van der Waals surface area contributed by atoms with Gasteiger partial charge >= 0.3 is 0 Å². The van der Waals surface area contributed by atoms with Gasteiger partial charge in [-0.25, -0.2) is 0 Å². The molecule has 1 aromatic carbocycles. The highest BCUT2D eigenvalue weighted by Gasteiger charge is 2.38. The molecule has 0 saturated heterocycles. The zero-order valence-corrected chi connectivity index (χ0v) is 14.7. The summed E-state index contributed by atoms with van der Waals surface area (Å²) in [5, 5.41) is 7.42. The number of pyridine rings is 1. The Kier molecular flexibility index (Phi) is 4.29. The van der Waals surface area contributed by atoms with Crippen molar-refractivity contribution in [3.63, 3.8) is 0 Å². The highest BCUT2D eigenvalue weighted by Crippen LogP contribution is 2.39. The second kappa shape index (κ2) is 6.75. The Morgan fingerprint density at radius 2 is 1.77 bits per heavy atom. The monoisotopic (exact) mass is 347 g/mol. The Labute approximate surface area is 152 Å². The van der Waals surface area contributed by atoms with Crippen molar-refractivity contribution >= 4 is 5.91 Å². The van der Waals surface area contributed by atoms with E-state index in [0.717, 1.165) is 36.8 Å². The van der Waals surface area contributed by atoms with Gasteiger partial charge in [-0.2, -0.15) is 0 Å². The number of hydrogen-bond donors (Lipinski definition) is 1. The maximum atomic E-state index is 13.2. The highest BCUT2D eigenvalue weighted by molar-refractivity contribution is 6.01. The molecule has 5 heteroatoms. The lowest BCUT2D eigenvalue weighted by Gasteiger charge is -2.31. The van der Waals surface area contributed by atoms with Gasteiger partial charge in [0.05, 0.1) is 5.54 Å². The molecule has 132 valence electrons. The minimum Gasteiger partial charge on any atom is -0.360 e. The van der Waals surface area contributed by atoms with E-state index in [9.17, 15) is 4.79 Å². The van der Waals surface area contributed by atoms with Gasteiger partial charge in [0.25, 0.3) is 5.91 Å². The van der Waals surface area contributed by atoms with Crippen LogP contribution in [0.4, 0.5) is 0 Å². The van der Waals surface area contributed by atoms with E-state index in [1.807, 2.05) is 30.3 Å². The number of benzene rings is 1. The van der Waals surface area contributed by atoms with E-state index in [1.54, 1.807) is 19.3 Å². The molecule has 5 nitrogen and oxygen atoms in total. The molecule has 1 fully saturated rings. The second-order valence-corrected chi connectivity index (χ2v) is 6.81. The van der Waals surface area contributed by atoms with Gasteiger partial charge in [-0.3, -0.25) is 9.78 Å². The number of aromatic nitrogens is 2. The molecule has 0 spiro atoms. The molecule has 1 saturated carbocycles. The van der Waals surface area contributed by atoms with Crippen molar-refractivity contribution in [3.05, 3.63) is 71.7 Å². The number of carbonyl (C=O) groups excluding carboxylic acids is 1. The van der Waals surface area contributed by atoms with Crippen LogP contribution >= 0.6 is 0 Å². The highest BCUT2D eigenvalue weighted by atomic mass is 16.5. The number of hydrogen-bond acceptors (Lipinski definition) is 4. The van der Waals surface area contributed by atoms with E-state index in [4.69, 9.17) is 4.52 Å². The lowest BCUT2D eigenvalue weighted by molar-refractivity contribution is 0.0897. The molecular formula is C21H21N3O2. The van der Waals surface area contributed by atoms with E-state index in [1.165, 1.54) is 0 Å². The summed E-state index contributed by atoms with van der Waals surface area (Å²) in [4.78, 5) is 17.3. The number of amides is 1. The molecule has 0 bridgehead atoms. The molecule has 0 aliphatic heterocycles. The summed E-state index contributed by atoms with van der Waals surface area (Å²) in [6, 6.07) is 13.9. The Hall–Kier alpha value is -2.95. The van der Waals surface area contributed by atoms with E-state index >= 15 is 0 Å². The Bertz CT molecular complexity index is 898. The minimum absolute atomic E-state index is 0.138. The van der Waals surface area contributed by atoms with Gasteiger partial charge in [0.2, 0.25) is 0 Å². The third-order valence-corrected chi connectivity index (χ3v) is 5.18. The first-order valence-corrected chi connectivity index (χ1v) is 8.94. The van der Waals surface area contributed by atoms with Crippen LogP contribution in [0.3, 0.4) is 0 Å². The molecule has 2 heterocycles. The first-order valence-electron chi connectivity index (χ1n) is 8.94. The zero-order chi connectivity index (χ0) is 18.0. The van der Waals surface area contributed by atoms with Crippen molar-refractivity contribution in [1.82, 2.24) is 15.5 Å². The predicted octanol–water partition coefficient (Wildman–Crippen LogP) is 4.24. The third kappa shape index (κ3) is 2.90. The van der Waals surface area contributed by atoms with Gasteiger partial charge in [0.15, 0.2) is 0 Å². The summed E-state index contributed by atoms with van der Waals surface area (Å²) in [7, 11) is 0. The molecular weight excluding hydrogens is 326 g/mol. The van der Waals surface area contributed by atoms with Crippen LogP contribution in [-0.2, 0) is 5.54 Å². The molecule has 1 amide bonds. The van der Waals surface area contributed by atoms with Crippen molar-refractivity contribution < 1.29 is 9.32 Å². The fraction of sp³-hybridized carbons (Fsp3) is 0.286. The molecule has 0 unspecified atom stereocenters. The van der Waals surface area contributed by atoms with E-state index in [0.29, 0.717) is 17.0 Å². The van der Waals surface area contributed by atoms with Crippen molar-refractivity contribution in [2.75, 3.05) is 0 Å². The first-order chi connectivity index (χ1) is 12.7. The van der Waals surface area contributed by atoms with Gasteiger partial charge in [0.1, 0.15) is 17.0 Å². The summed E-state index contributed by atoms with van der Waals surface area (Å²) in [6.45, 7) is 1.77. The van der Waals surface area contributed by atoms with Crippen LogP contribution in [0.15, 0.2) is 59.4 Å². The Morgan fingerprint density at radius 1 is 1.08 bits per heavy atom. The topological polar surface area (TPSA) is 68.0 Å². The number of aryl methyl sites for hydroxylation is 1. The molecule has 0 atom stereocenters. The smallest absolute Gasteiger partial charge is 0.257 e. The van der Waals surface area contributed by atoms with Crippen LogP contribution in [0, 0.1) is 6.92 Å². The average molecular weight is 347 g/mol. The number of carbonyl (C=O) groups is 1. The third-order valence-electron chi connectivity index (χ3n) is 5.18. The van der Waals surface area contributed by atoms with Gasteiger partial charge in [-0.15, -0.1) is 0 Å². The van der Waals surface area contributed by atoms with Crippen LogP contribution < -0.4 is 5.32 Å². The summed E-state index contributed by atoms with van der Waals surface area (Å²) in [5.74, 6) is 0.386. The Balaban J connectivity index is 1.70. The van der Waals surface area contributed by atoms with Crippen LogP contribution in [0.1, 0.15) is 47.4 Å². The molecule has 1 aliphatic carbocycles. The fourth-order valence-electron chi connectivity index (χ4n) is 3.85. The summed E-state index contributed by atoms with van der Waals surface area (Å²) in [5.41, 5.74) is 2.71.